The fourth-order valence-electron chi connectivity index (χ4n) is 4.18. The first-order chi connectivity index (χ1) is 13.2. The van der Waals surface area contributed by atoms with Crippen molar-refractivity contribution in [3.05, 3.63) is 24.3 Å². The summed E-state index contributed by atoms with van der Waals surface area (Å²) in [6.07, 6.45) is 0.156. The lowest BCUT2D eigenvalue weighted by atomic mass is 9.68. The van der Waals surface area contributed by atoms with E-state index in [0.717, 1.165) is 17.9 Å². The quantitative estimate of drug-likeness (QED) is 0.761. The van der Waals surface area contributed by atoms with Gasteiger partial charge in [-0.3, -0.25) is 4.79 Å². The van der Waals surface area contributed by atoms with E-state index in [2.05, 4.69) is 0 Å². The molecule has 0 radical (unpaired) electrons. The first-order valence-electron chi connectivity index (χ1n) is 9.90. The maximum Gasteiger partial charge on any atom is 0.261 e. The van der Waals surface area contributed by atoms with Gasteiger partial charge in [-0.25, -0.2) is 8.78 Å². The van der Waals surface area contributed by atoms with Crippen molar-refractivity contribution in [1.29, 1.82) is 0 Å². The number of carbonyl (C=O) groups is 1. The van der Waals surface area contributed by atoms with E-state index in [1.165, 1.54) is 0 Å². The molecule has 5 nitrogen and oxygen atoms in total. The van der Waals surface area contributed by atoms with Crippen LogP contribution in [-0.2, 0) is 9.53 Å². The Labute approximate surface area is 164 Å². The Morgan fingerprint density at radius 2 is 1.75 bits per heavy atom. The smallest absolute Gasteiger partial charge is 0.261 e. The van der Waals surface area contributed by atoms with Gasteiger partial charge in [0.25, 0.3) is 6.43 Å². The monoisotopic (exact) mass is 397 g/mol. The highest BCUT2D eigenvalue weighted by Crippen LogP contribution is 2.48. The fraction of sp³-hybridized carbons (Fsp3) is 0.667. The molecule has 156 valence electrons. The topological polar surface area (TPSA) is 59.0 Å². The molecular formula is C21H29F2NO4. The van der Waals surface area contributed by atoms with Gasteiger partial charge >= 0.3 is 0 Å². The number of hydrogen-bond acceptors (Lipinski definition) is 4. The van der Waals surface area contributed by atoms with Gasteiger partial charge in [0.15, 0.2) is 0 Å². The van der Waals surface area contributed by atoms with Crippen molar-refractivity contribution in [3.8, 4) is 5.75 Å². The van der Waals surface area contributed by atoms with E-state index in [-0.39, 0.29) is 18.6 Å². The predicted molar refractivity (Wildman–Crippen MR) is 102 cm³/mol. The van der Waals surface area contributed by atoms with Crippen molar-refractivity contribution >= 4 is 11.6 Å². The standard InChI is InChI=1S/C21H29F2NO4/c1-15(2)28-17-5-3-16(4-6-17)24-12-11-20(19(24)25)7-9-21(26,10-8-20)14-27-13-18(22)23/h3-6,15,18,26H,7-14H2,1-2H3/t20-,21+. The summed E-state index contributed by atoms with van der Waals surface area (Å²) in [7, 11) is 0. The third-order valence-electron chi connectivity index (χ3n) is 5.79. The molecule has 0 unspecified atom stereocenters. The Morgan fingerprint density at radius 3 is 2.32 bits per heavy atom. The first-order valence-corrected chi connectivity index (χ1v) is 9.90. The zero-order valence-electron chi connectivity index (χ0n) is 16.5. The molecule has 2 fully saturated rings. The number of amides is 1. The van der Waals surface area contributed by atoms with Crippen molar-refractivity contribution in [3.63, 3.8) is 0 Å². The van der Waals surface area contributed by atoms with E-state index in [0.29, 0.717) is 32.2 Å². The molecule has 0 bridgehead atoms. The summed E-state index contributed by atoms with van der Waals surface area (Å²) in [4.78, 5) is 14.9. The van der Waals surface area contributed by atoms with Crippen LogP contribution in [0.25, 0.3) is 0 Å². The SMILES string of the molecule is CC(C)Oc1ccc(N2CC[C@]3(CC[C@@](O)(COCC(F)F)CC3)C2=O)cc1. The highest BCUT2D eigenvalue weighted by Gasteiger charge is 2.51. The van der Waals surface area contributed by atoms with Gasteiger partial charge in [0, 0.05) is 12.2 Å². The van der Waals surface area contributed by atoms with Gasteiger partial charge in [-0.2, -0.15) is 0 Å². The molecule has 1 spiro atoms. The van der Waals surface area contributed by atoms with Crippen molar-refractivity contribution in [2.24, 2.45) is 5.41 Å². The Balaban J connectivity index is 1.59. The van der Waals surface area contributed by atoms with Crippen molar-refractivity contribution < 1.29 is 28.2 Å². The van der Waals surface area contributed by atoms with Crippen LogP contribution in [0.2, 0.25) is 0 Å². The van der Waals surface area contributed by atoms with E-state index in [1.54, 1.807) is 4.90 Å². The highest BCUT2D eigenvalue weighted by atomic mass is 19.3. The largest absolute Gasteiger partial charge is 0.491 e. The molecule has 0 atom stereocenters. The molecule has 1 amide bonds. The summed E-state index contributed by atoms with van der Waals surface area (Å²) in [6, 6.07) is 7.53. The van der Waals surface area contributed by atoms with Gasteiger partial charge in [-0.15, -0.1) is 0 Å². The molecular weight excluding hydrogens is 368 g/mol. The van der Waals surface area contributed by atoms with Crippen LogP contribution >= 0.6 is 0 Å². The van der Waals surface area contributed by atoms with Gasteiger partial charge in [0.05, 0.1) is 23.7 Å². The molecule has 1 aromatic carbocycles. The van der Waals surface area contributed by atoms with Crippen LogP contribution in [0.15, 0.2) is 24.3 Å². The molecule has 1 aliphatic heterocycles. The predicted octanol–water partition coefficient (Wildman–Crippen LogP) is 3.78. The second-order valence-corrected chi connectivity index (χ2v) is 8.28. The highest BCUT2D eigenvalue weighted by molar-refractivity contribution is 6.00. The van der Waals surface area contributed by atoms with Gasteiger partial charge in [0.1, 0.15) is 12.4 Å². The lowest BCUT2D eigenvalue weighted by Gasteiger charge is -2.40. The molecule has 3 rings (SSSR count). The molecule has 2 aliphatic rings. The second-order valence-electron chi connectivity index (χ2n) is 8.28. The van der Waals surface area contributed by atoms with E-state index in [4.69, 9.17) is 9.47 Å². The molecule has 28 heavy (non-hydrogen) atoms. The Bertz CT molecular complexity index is 669. The van der Waals surface area contributed by atoms with E-state index < -0.39 is 24.0 Å². The number of alkyl halides is 2. The minimum atomic E-state index is -2.54. The third kappa shape index (κ3) is 4.63. The van der Waals surface area contributed by atoms with Crippen LogP contribution in [-0.4, -0.2) is 48.9 Å². The second kappa shape index (κ2) is 8.33. The molecule has 1 heterocycles. The third-order valence-corrected chi connectivity index (χ3v) is 5.79. The summed E-state index contributed by atoms with van der Waals surface area (Å²) in [5.74, 6) is 0.854. The summed E-state index contributed by atoms with van der Waals surface area (Å²) in [5, 5.41) is 10.6. The number of aliphatic hydroxyl groups is 1. The average Bonchev–Trinajstić information content (AvgIpc) is 2.95. The fourth-order valence-corrected chi connectivity index (χ4v) is 4.18. The normalized spacial score (nSPS) is 28.0. The van der Waals surface area contributed by atoms with Gasteiger partial charge < -0.3 is 19.5 Å². The molecule has 1 aromatic rings. The van der Waals surface area contributed by atoms with Crippen molar-refractivity contribution in [2.75, 3.05) is 24.7 Å². The van der Waals surface area contributed by atoms with Crippen LogP contribution in [0.3, 0.4) is 0 Å². The Kier molecular flexibility index (Phi) is 6.25. The van der Waals surface area contributed by atoms with E-state index in [9.17, 15) is 18.7 Å². The molecule has 1 saturated carbocycles. The minimum Gasteiger partial charge on any atom is -0.491 e. The Hall–Kier alpha value is -1.73. The lowest BCUT2D eigenvalue weighted by molar-refractivity contribution is -0.135. The maximum atomic E-state index is 13.1. The number of carbonyl (C=O) groups excluding carboxylic acids is 1. The maximum absolute atomic E-state index is 13.1. The molecule has 0 aromatic heterocycles. The minimum absolute atomic E-state index is 0.0839. The molecule has 7 heteroatoms. The zero-order valence-corrected chi connectivity index (χ0v) is 16.5. The summed E-state index contributed by atoms with van der Waals surface area (Å²) in [6.45, 7) is 3.79. The van der Waals surface area contributed by atoms with Crippen LogP contribution in [0.4, 0.5) is 14.5 Å². The van der Waals surface area contributed by atoms with Crippen molar-refractivity contribution in [2.45, 2.75) is 64.1 Å². The van der Waals surface area contributed by atoms with Gasteiger partial charge in [-0.1, -0.05) is 0 Å². The number of benzene rings is 1. The van der Waals surface area contributed by atoms with Gasteiger partial charge in [-0.05, 0) is 70.2 Å². The summed E-state index contributed by atoms with van der Waals surface area (Å²) in [5.41, 5.74) is -0.745. The number of nitrogens with zero attached hydrogens (tertiary/aromatic N) is 1. The van der Waals surface area contributed by atoms with Crippen LogP contribution in [0, 0.1) is 5.41 Å². The average molecular weight is 397 g/mol. The molecule has 1 N–H and O–H groups in total. The van der Waals surface area contributed by atoms with Crippen molar-refractivity contribution in [1.82, 2.24) is 0 Å². The number of rotatable bonds is 7. The van der Waals surface area contributed by atoms with Gasteiger partial charge in [0.2, 0.25) is 5.91 Å². The molecule has 1 aliphatic carbocycles. The molecule has 1 saturated heterocycles. The van der Waals surface area contributed by atoms with E-state index >= 15 is 0 Å². The van der Waals surface area contributed by atoms with Crippen LogP contribution in [0.1, 0.15) is 46.0 Å². The number of hydrogen-bond donors (Lipinski definition) is 1. The zero-order chi connectivity index (χ0) is 20.4. The number of halogens is 2. The first kappa shape index (κ1) is 21.0. The number of ether oxygens (including phenoxy) is 2. The number of anilines is 1. The van der Waals surface area contributed by atoms with E-state index in [1.807, 2.05) is 38.1 Å². The lowest BCUT2D eigenvalue weighted by Crippen LogP contribution is -2.46. The summed E-state index contributed by atoms with van der Waals surface area (Å²) >= 11 is 0. The summed E-state index contributed by atoms with van der Waals surface area (Å²) < 4.78 is 35.0. The van der Waals surface area contributed by atoms with Crippen LogP contribution < -0.4 is 9.64 Å². The van der Waals surface area contributed by atoms with Crippen LogP contribution in [0.5, 0.6) is 5.75 Å². The Morgan fingerprint density at radius 1 is 1.11 bits per heavy atom.